The maximum absolute atomic E-state index is 12.7. The van der Waals surface area contributed by atoms with E-state index in [4.69, 9.17) is 21.5 Å². The molecule has 3 rings (SSSR count). The number of nitrogens with one attached hydrogen (secondary N) is 1. The van der Waals surface area contributed by atoms with Crippen molar-refractivity contribution in [3.05, 3.63) is 83.4 Å². The SMILES string of the molecule is NS(=O)(=O)c1cccc(NC(=O)c2ccccc2Oc2ccccc2Cl)c1. The smallest absolute Gasteiger partial charge is 0.259 e. The molecule has 0 spiro atoms. The Bertz CT molecular complexity index is 1100. The predicted octanol–water partition coefficient (Wildman–Crippen LogP) is 4.03. The fourth-order valence-corrected chi connectivity index (χ4v) is 3.07. The lowest BCUT2D eigenvalue weighted by Gasteiger charge is -2.12. The molecule has 3 N–H and O–H groups in total. The number of amides is 1. The minimum absolute atomic E-state index is 0.0964. The molecule has 3 aromatic carbocycles. The summed E-state index contributed by atoms with van der Waals surface area (Å²) in [4.78, 5) is 12.6. The van der Waals surface area contributed by atoms with Crippen molar-refractivity contribution in [1.82, 2.24) is 0 Å². The number of carbonyl (C=O) groups excluding carboxylic acids is 1. The van der Waals surface area contributed by atoms with E-state index in [1.807, 2.05) is 0 Å². The van der Waals surface area contributed by atoms with E-state index in [-0.39, 0.29) is 10.5 Å². The van der Waals surface area contributed by atoms with Crippen molar-refractivity contribution < 1.29 is 17.9 Å². The number of benzene rings is 3. The molecule has 0 aliphatic rings. The standard InChI is InChI=1S/C19H15ClN2O4S/c20-16-9-2-4-11-18(16)26-17-10-3-1-8-15(17)19(23)22-13-6-5-7-14(12-13)27(21,24)25/h1-12H,(H,22,23)(H2,21,24,25). The summed E-state index contributed by atoms with van der Waals surface area (Å²) in [6.07, 6.45) is 0. The molecule has 0 atom stereocenters. The van der Waals surface area contributed by atoms with Crippen LogP contribution in [0.25, 0.3) is 0 Å². The highest BCUT2D eigenvalue weighted by atomic mass is 35.5. The normalized spacial score (nSPS) is 11.0. The molecular weight excluding hydrogens is 388 g/mol. The molecule has 0 aliphatic carbocycles. The minimum Gasteiger partial charge on any atom is -0.455 e. The summed E-state index contributed by atoms with van der Waals surface area (Å²) in [6, 6.07) is 19.2. The molecule has 0 unspecified atom stereocenters. The van der Waals surface area contributed by atoms with Gasteiger partial charge in [0.05, 0.1) is 15.5 Å². The van der Waals surface area contributed by atoms with Gasteiger partial charge in [-0.3, -0.25) is 4.79 Å². The molecule has 0 heterocycles. The Morgan fingerprint density at radius 1 is 0.926 bits per heavy atom. The van der Waals surface area contributed by atoms with Gasteiger partial charge in [0.1, 0.15) is 11.5 Å². The van der Waals surface area contributed by atoms with Gasteiger partial charge >= 0.3 is 0 Å². The monoisotopic (exact) mass is 402 g/mol. The van der Waals surface area contributed by atoms with E-state index in [1.165, 1.54) is 18.2 Å². The third-order valence-electron chi connectivity index (χ3n) is 3.61. The van der Waals surface area contributed by atoms with E-state index in [0.717, 1.165) is 0 Å². The third kappa shape index (κ3) is 4.65. The summed E-state index contributed by atoms with van der Waals surface area (Å²) in [5, 5.41) is 8.17. The molecule has 8 heteroatoms. The Labute approximate surface area is 161 Å². The second-order valence-corrected chi connectivity index (χ2v) is 7.52. The third-order valence-corrected chi connectivity index (χ3v) is 4.83. The average molecular weight is 403 g/mol. The van der Waals surface area contributed by atoms with Crippen molar-refractivity contribution in [3.8, 4) is 11.5 Å². The van der Waals surface area contributed by atoms with Gasteiger partial charge in [0.2, 0.25) is 10.0 Å². The van der Waals surface area contributed by atoms with Gasteiger partial charge in [-0.25, -0.2) is 13.6 Å². The van der Waals surface area contributed by atoms with Crippen LogP contribution in [0.2, 0.25) is 5.02 Å². The summed E-state index contributed by atoms with van der Waals surface area (Å²) in [7, 11) is -3.87. The lowest BCUT2D eigenvalue weighted by atomic mass is 10.2. The number of ether oxygens (including phenoxy) is 1. The predicted molar refractivity (Wildman–Crippen MR) is 104 cm³/mol. The molecule has 0 saturated heterocycles. The molecule has 0 fully saturated rings. The maximum atomic E-state index is 12.7. The lowest BCUT2D eigenvalue weighted by Crippen LogP contribution is -2.15. The Morgan fingerprint density at radius 3 is 2.30 bits per heavy atom. The van der Waals surface area contributed by atoms with Gasteiger partial charge in [0.15, 0.2) is 0 Å². The summed E-state index contributed by atoms with van der Waals surface area (Å²) < 4.78 is 28.7. The minimum atomic E-state index is -3.87. The number of rotatable bonds is 5. The molecule has 1 amide bonds. The van der Waals surface area contributed by atoms with Crippen molar-refractivity contribution >= 4 is 33.2 Å². The second-order valence-electron chi connectivity index (χ2n) is 5.56. The van der Waals surface area contributed by atoms with Gasteiger partial charge in [-0.15, -0.1) is 0 Å². The Kier molecular flexibility index (Phi) is 5.46. The average Bonchev–Trinajstić information content (AvgIpc) is 2.63. The van der Waals surface area contributed by atoms with E-state index in [9.17, 15) is 13.2 Å². The molecule has 138 valence electrons. The molecule has 0 radical (unpaired) electrons. The first-order valence-corrected chi connectivity index (χ1v) is 9.72. The van der Waals surface area contributed by atoms with Gasteiger partial charge < -0.3 is 10.1 Å². The molecule has 0 saturated carbocycles. The Morgan fingerprint density at radius 2 is 1.59 bits per heavy atom. The summed E-state index contributed by atoms with van der Waals surface area (Å²) >= 11 is 6.10. The van der Waals surface area contributed by atoms with Crippen LogP contribution in [0.1, 0.15) is 10.4 Å². The van der Waals surface area contributed by atoms with Gasteiger partial charge in [0.25, 0.3) is 5.91 Å². The van der Waals surface area contributed by atoms with Crippen molar-refractivity contribution in [3.63, 3.8) is 0 Å². The van der Waals surface area contributed by atoms with Crippen LogP contribution in [0.5, 0.6) is 11.5 Å². The Balaban J connectivity index is 1.87. The van der Waals surface area contributed by atoms with Gasteiger partial charge in [-0.05, 0) is 42.5 Å². The summed E-state index contributed by atoms with van der Waals surface area (Å²) in [6.45, 7) is 0. The number of hydrogen-bond donors (Lipinski definition) is 2. The molecule has 0 aromatic heterocycles. The number of halogens is 1. The van der Waals surface area contributed by atoms with Crippen molar-refractivity contribution in [2.24, 2.45) is 5.14 Å². The first kappa shape index (κ1) is 18.9. The van der Waals surface area contributed by atoms with E-state index in [1.54, 1.807) is 54.6 Å². The molecule has 0 aliphatic heterocycles. The number of nitrogens with two attached hydrogens (primary N) is 1. The number of primary sulfonamides is 1. The maximum Gasteiger partial charge on any atom is 0.259 e. The number of para-hydroxylation sites is 2. The summed E-state index contributed by atoms with van der Waals surface area (Å²) in [5.41, 5.74) is 0.553. The number of sulfonamides is 1. The molecule has 6 nitrogen and oxygen atoms in total. The first-order valence-electron chi connectivity index (χ1n) is 7.80. The molecular formula is C19H15ClN2O4S. The van der Waals surface area contributed by atoms with Crippen LogP contribution in [-0.2, 0) is 10.0 Å². The molecule has 0 bridgehead atoms. The van der Waals surface area contributed by atoms with E-state index in [2.05, 4.69) is 5.32 Å². The fraction of sp³-hybridized carbons (Fsp3) is 0. The van der Waals surface area contributed by atoms with E-state index >= 15 is 0 Å². The van der Waals surface area contributed by atoms with Crippen molar-refractivity contribution in [1.29, 1.82) is 0 Å². The zero-order chi connectivity index (χ0) is 19.4. The topological polar surface area (TPSA) is 98.5 Å². The lowest BCUT2D eigenvalue weighted by molar-refractivity contribution is 0.102. The zero-order valence-electron chi connectivity index (χ0n) is 13.9. The van der Waals surface area contributed by atoms with Crippen LogP contribution >= 0.6 is 11.6 Å². The van der Waals surface area contributed by atoms with Crippen LogP contribution < -0.4 is 15.2 Å². The number of anilines is 1. The molecule has 27 heavy (non-hydrogen) atoms. The zero-order valence-corrected chi connectivity index (χ0v) is 15.5. The number of hydrogen-bond acceptors (Lipinski definition) is 4. The van der Waals surface area contributed by atoms with E-state index in [0.29, 0.717) is 22.2 Å². The fourth-order valence-electron chi connectivity index (χ4n) is 2.34. The molecule has 3 aromatic rings. The summed E-state index contributed by atoms with van der Waals surface area (Å²) in [5.74, 6) is 0.255. The van der Waals surface area contributed by atoms with Crippen LogP contribution in [0.15, 0.2) is 77.7 Å². The van der Waals surface area contributed by atoms with Gasteiger partial charge in [-0.1, -0.05) is 41.9 Å². The highest BCUT2D eigenvalue weighted by Crippen LogP contribution is 2.31. The van der Waals surface area contributed by atoms with Gasteiger partial charge in [-0.2, -0.15) is 0 Å². The highest BCUT2D eigenvalue weighted by Gasteiger charge is 2.15. The first-order chi connectivity index (χ1) is 12.8. The highest BCUT2D eigenvalue weighted by molar-refractivity contribution is 7.89. The van der Waals surface area contributed by atoms with Crippen LogP contribution in [0, 0.1) is 0 Å². The van der Waals surface area contributed by atoms with Crippen LogP contribution in [0.3, 0.4) is 0 Å². The van der Waals surface area contributed by atoms with Crippen LogP contribution in [0.4, 0.5) is 5.69 Å². The van der Waals surface area contributed by atoms with Crippen molar-refractivity contribution in [2.75, 3.05) is 5.32 Å². The quantitative estimate of drug-likeness (QED) is 0.673. The second kappa shape index (κ2) is 7.79. The Hall–Kier alpha value is -2.87. The largest absolute Gasteiger partial charge is 0.455 e. The van der Waals surface area contributed by atoms with Crippen LogP contribution in [-0.4, -0.2) is 14.3 Å². The number of carbonyl (C=O) groups is 1. The van der Waals surface area contributed by atoms with Crippen molar-refractivity contribution in [2.45, 2.75) is 4.90 Å². The van der Waals surface area contributed by atoms with Gasteiger partial charge in [0, 0.05) is 5.69 Å². The van der Waals surface area contributed by atoms with E-state index < -0.39 is 15.9 Å².